The third-order valence-corrected chi connectivity index (χ3v) is 3.13. The quantitative estimate of drug-likeness (QED) is 0.742. The fourth-order valence-corrected chi connectivity index (χ4v) is 2.30. The normalized spacial score (nSPS) is 19.9. The monoisotopic (exact) mass is 241 g/mol. The number of nitrogens with one attached hydrogen (secondary N) is 1. The minimum absolute atomic E-state index is 0.0493. The van der Waals surface area contributed by atoms with Gasteiger partial charge in [0.15, 0.2) is 0 Å². The van der Waals surface area contributed by atoms with Gasteiger partial charge in [-0.25, -0.2) is 4.79 Å². The first-order valence-corrected chi connectivity index (χ1v) is 5.47. The molecule has 5 heteroatoms. The van der Waals surface area contributed by atoms with E-state index in [2.05, 4.69) is 5.32 Å². The highest BCUT2D eigenvalue weighted by Crippen LogP contribution is 2.37. The molecular formula is C11H12ClNO3. The van der Waals surface area contributed by atoms with E-state index >= 15 is 0 Å². The maximum atomic E-state index is 10.9. The van der Waals surface area contributed by atoms with Gasteiger partial charge in [-0.1, -0.05) is 11.6 Å². The Morgan fingerprint density at radius 3 is 2.81 bits per heavy atom. The maximum absolute atomic E-state index is 10.9. The Kier molecular flexibility index (Phi) is 3.03. The Morgan fingerprint density at radius 2 is 2.25 bits per heavy atom. The van der Waals surface area contributed by atoms with Crippen molar-refractivity contribution in [3.05, 3.63) is 28.3 Å². The first-order valence-electron chi connectivity index (χ1n) is 5.09. The molecule has 0 aromatic heterocycles. The molecule has 1 saturated heterocycles. The Bertz CT molecular complexity index is 427. The third-order valence-electron chi connectivity index (χ3n) is 2.80. The van der Waals surface area contributed by atoms with Crippen LogP contribution in [-0.2, 0) is 0 Å². The summed E-state index contributed by atoms with van der Waals surface area (Å²) in [6, 6.07) is 2.78. The molecule has 4 nitrogen and oxygen atoms in total. The zero-order valence-electron chi connectivity index (χ0n) is 8.53. The van der Waals surface area contributed by atoms with E-state index in [1.54, 1.807) is 0 Å². The van der Waals surface area contributed by atoms with Crippen LogP contribution in [0.2, 0.25) is 5.02 Å². The Hall–Kier alpha value is -1.26. The van der Waals surface area contributed by atoms with Gasteiger partial charge in [0.05, 0.1) is 0 Å². The van der Waals surface area contributed by atoms with Crippen molar-refractivity contribution >= 4 is 17.6 Å². The van der Waals surface area contributed by atoms with E-state index in [1.807, 2.05) is 0 Å². The molecule has 0 saturated carbocycles. The van der Waals surface area contributed by atoms with Crippen LogP contribution in [0.1, 0.15) is 34.8 Å². The largest absolute Gasteiger partial charge is 0.507 e. The van der Waals surface area contributed by atoms with E-state index in [1.165, 1.54) is 12.1 Å². The molecule has 0 radical (unpaired) electrons. The number of halogens is 1. The molecule has 0 spiro atoms. The highest BCUT2D eigenvalue weighted by Gasteiger charge is 2.25. The minimum Gasteiger partial charge on any atom is -0.507 e. The molecule has 1 aromatic rings. The van der Waals surface area contributed by atoms with E-state index in [0.29, 0.717) is 10.6 Å². The van der Waals surface area contributed by atoms with Crippen molar-refractivity contribution in [2.75, 3.05) is 6.54 Å². The lowest BCUT2D eigenvalue weighted by atomic mass is 10.0. The standard InChI is InChI=1S/C11H12ClNO3/c12-7-4-3-6(11(15)16)10(14)9(7)8-2-1-5-13-8/h3-4,8,13-14H,1-2,5H2,(H,15,16)/t8-/m0/s1. The van der Waals surface area contributed by atoms with Gasteiger partial charge in [-0.2, -0.15) is 0 Å². The molecule has 16 heavy (non-hydrogen) atoms. The highest BCUT2D eigenvalue weighted by atomic mass is 35.5. The number of hydrogen-bond acceptors (Lipinski definition) is 3. The van der Waals surface area contributed by atoms with Crippen molar-refractivity contribution in [3.63, 3.8) is 0 Å². The SMILES string of the molecule is O=C(O)c1ccc(Cl)c([C@@H]2CCCN2)c1O. The van der Waals surface area contributed by atoms with Gasteiger partial charge in [-0.05, 0) is 31.5 Å². The first-order chi connectivity index (χ1) is 7.61. The average Bonchev–Trinajstić information content (AvgIpc) is 2.70. The van der Waals surface area contributed by atoms with Gasteiger partial charge in [0, 0.05) is 16.6 Å². The van der Waals surface area contributed by atoms with Gasteiger partial charge in [0.2, 0.25) is 0 Å². The van der Waals surface area contributed by atoms with E-state index in [4.69, 9.17) is 16.7 Å². The van der Waals surface area contributed by atoms with E-state index in [-0.39, 0.29) is 17.4 Å². The summed E-state index contributed by atoms with van der Waals surface area (Å²) in [5, 5.41) is 22.4. The van der Waals surface area contributed by atoms with Gasteiger partial charge in [0.25, 0.3) is 0 Å². The molecular weight excluding hydrogens is 230 g/mol. The van der Waals surface area contributed by atoms with Crippen LogP contribution in [0.15, 0.2) is 12.1 Å². The second kappa shape index (κ2) is 4.31. The Morgan fingerprint density at radius 1 is 1.50 bits per heavy atom. The smallest absolute Gasteiger partial charge is 0.339 e. The lowest BCUT2D eigenvalue weighted by Gasteiger charge is -2.15. The number of aromatic carboxylic acids is 1. The van der Waals surface area contributed by atoms with Crippen LogP contribution < -0.4 is 5.32 Å². The summed E-state index contributed by atoms with van der Waals surface area (Å²) in [6.07, 6.45) is 1.86. The molecule has 0 unspecified atom stereocenters. The number of benzene rings is 1. The number of carboxylic acid groups (broad SMARTS) is 1. The molecule has 3 N–H and O–H groups in total. The van der Waals surface area contributed by atoms with Gasteiger partial charge < -0.3 is 15.5 Å². The molecule has 1 fully saturated rings. The summed E-state index contributed by atoms with van der Waals surface area (Å²) in [5.74, 6) is -1.37. The Balaban J connectivity index is 2.49. The molecule has 1 aliphatic heterocycles. The van der Waals surface area contributed by atoms with Crippen molar-refractivity contribution in [3.8, 4) is 5.75 Å². The van der Waals surface area contributed by atoms with E-state index in [9.17, 15) is 9.90 Å². The van der Waals surface area contributed by atoms with Crippen molar-refractivity contribution in [2.24, 2.45) is 0 Å². The van der Waals surface area contributed by atoms with Gasteiger partial charge in [-0.3, -0.25) is 0 Å². The molecule has 2 rings (SSSR count). The average molecular weight is 242 g/mol. The number of phenols is 1. The fraction of sp³-hybridized carbons (Fsp3) is 0.364. The lowest BCUT2D eigenvalue weighted by molar-refractivity contribution is 0.0693. The van der Waals surface area contributed by atoms with Crippen molar-refractivity contribution < 1.29 is 15.0 Å². The molecule has 1 aliphatic rings. The summed E-state index contributed by atoms with van der Waals surface area (Å²) in [6.45, 7) is 0.859. The predicted molar refractivity (Wildman–Crippen MR) is 60.1 cm³/mol. The number of rotatable bonds is 2. The van der Waals surface area contributed by atoms with Crippen molar-refractivity contribution in [1.82, 2.24) is 5.32 Å². The summed E-state index contributed by atoms with van der Waals surface area (Å²) in [5.41, 5.74) is 0.396. The highest BCUT2D eigenvalue weighted by molar-refractivity contribution is 6.31. The zero-order valence-corrected chi connectivity index (χ0v) is 9.29. The van der Waals surface area contributed by atoms with Crippen LogP contribution in [0.25, 0.3) is 0 Å². The van der Waals surface area contributed by atoms with Crippen LogP contribution in [0, 0.1) is 0 Å². The summed E-state index contributed by atoms with van der Waals surface area (Å²) in [7, 11) is 0. The molecule has 0 amide bonds. The molecule has 1 atom stereocenters. The van der Waals surface area contributed by atoms with Crippen molar-refractivity contribution in [2.45, 2.75) is 18.9 Å². The summed E-state index contributed by atoms with van der Waals surface area (Å²) in [4.78, 5) is 10.9. The third kappa shape index (κ3) is 1.86. The molecule has 0 aliphatic carbocycles. The summed E-state index contributed by atoms with van der Waals surface area (Å²) < 4.78 is 0. The van der Waals surface area contributed by atoms with Crippen LogP contribution in [0.5, 0.6) is 5.75 Å². The van der Waals surface area contributed by atoms with Gasteiger partial charge in [0.1, 0.15) is 11.3 Å². The van der Waals surface area contributed by atoms with Crippen LogP contribution in [-0.4, -0.2) is 22.7 Å². The number of carboxylic acids is 1. The molecule has 86 valence electrons. The number of hydrogen-bond donors (Lipinski definition) is 3. The molecule has 1 heterocycles. The maximum Gasteiger partial charge on any atom is 0.339 e. The van der Waals surface area contributed by atoms with Crippen LogP contribution >= 0.6 is 11.6 Å². The molecule has 1 aromatic carbocycles. The lowest BCUT2D eigenvalue weighted by Crippen LogP contribution is -2.14. The fourth-order valence-electron chi connectivity index (χ4n) is 2.02. The van der Waals surface area contributed by atoms with Crippen LogP contribution in [0.3, 0.4) is 0 Å². The number of carbonyl (C=O) groups is 1. The first kappa shape index (κ1) is 11.2. The van der Waals surface area contributed by atoms with Crippen molar-refractivity contribution in [1.29, 1.82) is 0 Å². The summed E-state index contributed by atoms with van der Waals surface area (Å²) >= 11 is 5.99. The van der Waals surface area contributed by atoms with Gasteiger partial charge >= 0.3 is 5.97 Å². The van der Waals surface area contributed by atoms with E-state index in [0.717, 1.165) is 19.4 Å². The molecule has 0 bridgehead atoms. The topological polar surface area (TPSA) is 69.6 Å². The zero-order chi connectivity index (χ0) is 11.7. The van der Waals surface area contributed by atoms with Gasteiger partial charge in [-0.15, -0.1) is 0 Å². The predicted octanol–water partition coefficient (Wildman–Crippen LogP) is 2.17. The van der Waals surface area contributed by atoms with E-state index < -0.39 is 5.97 Å². The van der Waals surface area contributed by atoms with Crippen LogP contribution in [0.4, 0.5) is 0 Å². The number of aromatic hydroxyl groups is 1. The second-order valence-electron chi connectivity index (χ2n) is 3.81. The minimum atomic E-state index is -1.14. The Labute approximate surface area is 97.9 Å². The second-order valence-corrected chi connectivity index (χ2v) is 4.22.